The highest BCUT2D eigenvalue weighted by Crippen LogP contribution is 2.35. The smallest absolute Gasteiger partial charge is 0.316 e. The quantitative estimate of drug-likeness (QED) is 0.845. The number of nitrogens with zero attached hydrogens (tertiary/aromatic N) is 1. The number of thioether (sulfide) groups is 1. The zero-order chi connectivity index (χ0) is 16.3. The maximum Gasteiger partial charge on any atom is 0.416 e. The Balaban J connectivity index is 0.00000208. The standard InChI is InChI=1S/C17H23F3N2S.ClH/c18-17(19,20)15-5-1-4-14(9-15)16-12-23-8-7-22(16)11-13-3-2-6-21-10-13;/h1,4-5,9,13,16,21H,2-3,6-8,10-12H2;1H. The van der Waals surface area contributed by atoms with Gasteiger partial charge in [-0.15, -0.1) is 12.4 Å². The van der Waals surface area contributed by atoms with Crippen molar-refractivity contribution in [3.8, 4) is 0 Å². The molecular formula is C17H24ClF3N2S. The molecule has 7 heteroatoms. The number of hydrogen-bond donors (Lipinski definition) is 1. The van der Waals surface area contributed by atoms with Crippen LogP contribution in [-0.4, -0.2) is 42.6 Å². The van der Waals surface area contributed by atoms with Crippen LogP contribution in [0.25, 0.3) is 0 Å². The van der Waals surface area contributed by atoms with Crippen LogP contribution in [-0.2, 0) is 6.18 Å². The monoisotopic (exact) mass is 380 g/mol. The third-order valence-corrected chi connectivity index (χ3v) is 5.75. The normalized spacial score (nSPS) is 26.0. The fourth-order valence-electron chi connectivity index (χ4n) is 3.50. The van der Waals surface area contributed by atoms with Crippen LogP contribution in [0.15, 0.2) is 24.3 Å². The van der Waals surface area contributed by atoms with Gasteiger partial charge in [0.25, 0.3) is 0 Å². The van der Waals surface area contributed by atoms with E-state index in [0.29, 0.717) is 5.92 Å². The third-order valence-electron chi connectivity index (χ3n) is 4.73. The summed E-state index contributed by atoms with van der Waals surface area (Å²) in [6.45, 7) is 4.05. The lowest BCUT2D eigenvalue weighted by Crippen LogP contribution is -2.43. The average Bonchev–Trinajstić information content (AvgIpc) is 2.56. The van der Waals surface area contributed by atoms with Crippen molar-refractivity contribution in [2.45, 2.75) is 25.1 Å². The molecule has 0 radical (unpaired) electrons. The summed E-state index contributed by atoms with van der Waals surface area (Å²) in [5, 5.41) is 3.43. The first-order valence-electron chi connectivity index (χ1n) is 8.24. The fourth-order valence-corrected chi connectivity index (χ4v) is 4.65. The first-order valence-corrected chi connectivity index (χ1v) is 9.39. The van der Waals surface area contributed by atoms with Crippen LogP contribution < -0.4 is 5.32 Å². The summed E-state index contributed by atoms with van der Waals surface area (Å²) >= 11 is 1.84. The maximum atomic E-state index is 13.0. The van der Waals surface area contributed by atoms with Crippen molar-refractivity contribution >= 4 is 24.2 Å². The second-order valence-electron chi connectivity index (χ2n) is 6.42. The van der Waals surface area contributed by atoms with E-state index in [4.69, 9.17) is 0 Å². The Morgan fingerprint density at radius 2 is 2.12 bits per heavy atom. The lowest BCUT2D eigenvalue weighted by molar-refractivity contribution is -0.137. The van der Waals surface area contributed by atoms with E-state index >= 15 is 0 Å². The first kappa shape index (κ1) is 19.9. The number of rotatable bonds is 3. The van der Waals surface area contributed by atoms with Gasteiger partial charge in [0, 0.05) is 30.6 Å². The Hall–Kier alpha value is -0.430. The van der Waals surface area contributed by atoms with E-state index < -0.39 is 11.7 Å². The molecular weight excluding hydrogens is 357 g/mol. The van der Waals surface area contributed by atoms with Crippen LogP contribution in [0.5, 0.6) is 0 Å². The van der Waals surface area contributed by atoms with E-state index in [-0.39, 0.29) is 18.4 Å². The molecule has 1 aromatic carbocycles. The van der Waals surface area contributed by atoms with Crippen molar-refractivity contribution in [1.82, 2.24) is 10.2 Å². The third kappa shape index (κ3) is 5.04. The molecule has 2 aliphatic heterocycles. The van der Waals surface area contributed by atoms with E-state index in [9.17, 15) is 13.2 Å². The second-order valence-corrected chi connectivity index (χ2v) is 7.57. The molecule has 136 valence electrons. The molecule has 2 aliphatic rings. The zero-order valence-electron chi connectivity index (χ0n) is 13.5. The van der Waals surface area contributed by atoms with E-state index in [0.717, 1.165) is 49.3 Å². The van der Waals surface area contributed by atoms with Crippen molar-refractivity contribution in [3.05, 3.63) is 35.4 Å². The number of hydrogen-bond acceptors (Lipinski definition) is 3. The zero-order valence-corrected chi connectivity index (χ0v) is 15.2. The second kappa shape index (κ2) is 8.79. The van der Waals surface area contributed by atoms with Gasteiger partial charge in [-0.3, -0.25) is 4.90 Å². The van der Waals surface area contributed by atoms with Crippen molar-refractivity contribution in [3.63, 3.8) is 0 Å². The summed E-state index contributed by atoms with van der Waals surface area (Å²) in [6, 6.07) is 5.98. The molecule has 2 fully saturated rings. The van der Waals surface area contributed by atoms with Gasteiger partial charge >= 0.3 is 6.18 Å². The lowest BCUT2D eigenvalue weighted by Gasteiger charge is -2.39. The fraction of sp³-hybridized carbons (Fsp3) is 0.647. The number of alkyl halides is 3. The molecule has 2 unspecified atom stereocenters. The summed E-state index contributed by atoms with van der Waals surface area (Å²) in [6.07, 6.45) is -1.86. The number of halogens is 4. The lowest BCUT2D eigenvalue weighted by atomic mass is 9.97. The van der Waals surface area contributed by atoms with Crippen molar-refractivity contribution in [2.24, 2.45) is 5.92 Å². The highest BCUT2D eigenvalue weighted by Gasteiger charge is 2.32. The summed E-state index contributed by atoms with van der Waals surface area (Å²) in [5.74, 6) is 2.55. The molecule has 2 heterocycles. The van der Waals surface area contributed by atoms with E-state index in [1.807, 2.05) is 17.8 Å². The molecule has 0 spiro atoms. The molecule has 0 aliphatic carbocycles. The van der Waals surface area contributed by atoms with Gasteiger partial charge in [-0.1, -0.05) is 12.1 Å². The molecule has 0 amide bonds. The van der Waals surface area contributed by atoms with Gasteiger partial charge in [0.1, 0.15) is 0 Å². The molecule has 1 N–H and O–H groups in total. The molecule has 24 heavy (non-hydrogen) atoms. The largest absolute Gasteiger partial charge is 0.416 e. The highest BCUT2D eigenvalue weighted by atomic mass is 35.5. The van der Waals surface area contributed by atoms with Gasteiger partial charge < -0.3 is 5.32 Å². The molecule has 0 aromatic heterocycles. The molecule has 0 saturated carbocycles. The Morgan fingerprint density at radius 1 is 1.29 bits per heavy atom. The molecule has 2 nitrogen and oxygen atoms in total. The van der Waals surface area contributed by atoms with Crippen molar-refractivity contribution in [2.75, 3.05) is 37.7 Å². The summed E-state index contributed by atoms with van der Waals surface area (Å²) < 4.78 is 38.9. The summed E-state index contributed by atoms with van der Waals surface area (Å²) in [7, 11) is 0. The van der Waals surface area contributed by atoms with Gasteiger partial charge in [-0.05, 0) is 49.5 Å². The first-order chi connectivity index (χ1) is 11.0. The van der Waals surface area contributed by atoms with Crippen LogP contribution in [0.1, 0.15) is 30.0 Å². The van der Waals surface area contributed by atoms with Crippen LogP contribution >= 0.6 is 24.2 Å². The van der Waals surface area contributed by atoms with Crippen LogP contribution in [0.3, 0.4) is 0 Å². The minimum atomic E-state index is -4.27. The van der Waals surface area contributed by atoms with Gasteiger partial charge in [-0.2, -0.15) is 24.9 Å². The van der Waals surface area contributed by atoms with Gasteiger partial charge in [-0.25, -0.2) is 0 Å². The molecule has 3 rings (SSSR count). The number of piperidine rings is 1. The predicted octanol–water partition coefficient (Wildman–Crippen LogP) is 4.22. The molecule has 2 saturated heterocycles. The highest BCUT2D eigenvalue weighted by molar-refractivity contribution is 7.99. The number of nitrogens with one attached hydrogen (secondary N) is 1. The number of benzene rings is 1. The summed E-state index contributed by atoms with van der Waals surface area (Å²) in [5.41, 5.74) is 0.264. The van der Waals surface area contributed by atoms with Crippen LogP contribution in [0, 0.1) is 5.92 Å². The van der Waals surface area contributed by atoms with Crippen molar-refractivity contribution < 1.29 is 13.2 Å². The van der Waals surface area contributed by atoms with Gasteiger partial charge in [0.15, 0.2) is 0 Å². The Morgan fingerprint density at radius 3 is 2.83 bits per heavy atom. The van der Waals surface area contributed by atoms with Crippen molar-refractivity contribution in [1.29, 1.82) is 0 Å². The molecule has 1 aromatic rings. The molecule has 0 bridgehead atoms. The maximum absolute atomic E-state index is 13.0. The Bertz CT molecular complexity index is 521. The minimum absolute atomic E-state index is 0. The van der Waals surface area contributed by atoms with E-state index in [2.05, 4.69) is 10.2 Å². The molecule has 2 atom stereocenters. The predicted molar refractivity (Wildman–Crippen MR) is 95.9 cm³/mol. The average molecular weight is 381 g/mol. The van der Waals surface area contributed by atoms with E-state index in [1.165, 1.54) is 25.0 Å². The van der Waals surface area contributed by atoms with E-state index in [1.54, 1.807) is 0 Å². The Labute approximate surface area is 152 Å². The Kier molecular flexibility index (Phi) is 7.28. The minimum Gasteiger partial charge on any atom is -0.316 e. The SMILES string of the molecule is Cl.FC(F)(F)c1cccc(C2CSCCN2CC2CCCNC2)c1. The summed E-state index contributed by atoms with van der Waals surface area (Å²) in [4.78, 5) is 2.39. The topological polar surface area (TPSA) is 15.3 Å². The van der Waals surface area contributed by atoms with Crippen LogP contribution in [0.2, 0.25) is 0 Å². The van der Waals surface area contributed by atoms with Crippen LogP contribution in [0.4, 0.5) is 13.2 Å². The van der Waals surface area contributed by atoms with Gasteiger partial charge in [0.2, 0.25) is 0 Å². The van der Waals surface area contributed by atoms with Gasteiger partial charge in [0.05, 0.1) is 5.56 Å².